The average molecular weight is 576 g/mol. The second kappa shape index (κ2) is 14.4. The smallest absolute Gasteiger partial charge is 0.338 e. The maximum atomic E-state index is 12.9. The van der Waals surface area contributed by atoms with Crippen molar-refractivity contribution in [2.24, 2.45) is 5.41 Å². The van der Waals surface area contributed by atoms with Crippen LogP contribution in [0.2, 0.25) is 0 Å². The third kappa shape index (κ3) is 8.49. The number of benzene rings is 3. The molecule has 0 unspecified atom stereocenters. The first kappa shape index (κ1) is 32.0. The lowest BCUT2D eigenvalue weighted by atomic mass is 9.88. The molecule has 3 aromatic rings. The van der Waals surface area contributed by atoms with Crippen LogP contribution in [0, 0.1) is 5.41 Å². The van der Waals surface area contributed by atoms with Crippen LogP contribution < -0.4 is 14.7 Å². The van der Waals surface area contributed by atoms with Gasteiger partial charge in [0.05, 0.1) is 22.1 Å². The molecule has 3 aromatic carbocycles. The third-order valence-electron chi connectivity index (χ3n) is 7.14. The van der Waals surface area contributed by atoms with Crippen molar-refractivity contribution in [3.05, 3.63) is 89.5 Å². The summed E-state index contributed by atoms with van der Waals surface area (Å²) in [6, 6.07) is 21.1. The van der Waals surface area contributed by atoms with Crippen molar-refractivity contribution in [3.63, 3.8) is 0 Å². The molecule has 0 aromatic heterocycles. The largest absolute Gasteiger partial charge is 0.461 e. The van der Waals surface area contributed by atoms with Gasteiger partial charge in [0.1, 0.15) is 19.8 Å². The lowest BCUT2D eigenvalue weighted by Gasteiger charge is -2.31. The van der Waals surface area contributed by atoms with Crippen LogP contribution >= 0.6 is 0 Å². The Kier molecular flexibility index (Phi) is 11.0. The van der Waals surface area contributed by atoms with E-state index < -0.39 is 23.3 Å². The summed E-state index contributed by atoms with van der Waals surface area (Å²) in [6.07, 6.45) is 0.416. The standard InChI is InChI=1S/C33H41N3O6/c1-8-33(21-40-30(37)24-9-15-27(16-10-24)34(2)3,22-41-31(38)25-11-17-28(18-12-25)35(4)5)23-42-32(39)26-13-19-29(20-14-26)36(6)7/h9-20H,8,21-23H2,1-7H3. The Morgan fingerprint density at radius 3 is 0.929 bits per heavy atom. The van der Waals surface area contributed by atoms with E-state index in [1.807, 2.05) is 100 Å². The molecule has 0 fully saturated rings. The van der Waals surface area contributed by atoms with Crippen molar-refractivity contribution in [1.82, 2.24) is 0 Å². The molecule has 0 N–H and O–H groups in total. The third-order valence-corrected chi connectivity index (χ3v) is 7.14. The van der Waals surface area contributed by atoms with Crippen molar-refractivity contribution in [1.29, 1.82) is 0 Å². The summed E-state index contributed by atoms with van der Waals surface area (Å²) in [4.78, 5) is 44.6. The van der Waals surface area contributed by atoms with Gasteiger partial charge in [0.15, 0.2) is 0 Å². The predicted molar refractivity (Wildman–Crippen MR) is 166 cm³/mol. The number of hydrogen-bond donors (Lipinski definition) is 0. The van der Waals surface area contributed by atoms with Crippen molar-refractivity contribution in [3.8, 4) is 0 Å². The minimum absolute atomic E-state index is 0.114. The zero-order valence-electron chi connectivity index (χ0n) is 25.5. The van der Waals surface area contributed by atoms with Crippen LogP contribution in [0.3, 0.4) is 0 Å². The van der Waals surface area contributed by atoms with Gasteiger partial charge >= 0.3 is 17.9 Å². The highest BCUT2D eigenvalue weighted by molar-refractivity contribution is 5.91. The summed E-state index contributed by atoms with van der Waals surface area (Å²) in [5, 5.41) is 0. The van der Waals surface area contributed by atoms with Crippen LogP contribution in [0.1, 0.15) is 44.4 Å². The highest BCUT2D eigenvalue weighted by Crippen LogP contribution is 2.27. The van der Waals surface area contributed by atoms with Crippen LogP contribution in [-0.2, 0) is 14.2 Å². The summed E-state index contributed by atoms with van der Waals surface area (Å²) in [5.41, 5.74) is 3.06. The maximum Gasteiger partial charge on any atom is 0.338 e. The first-order valence-electron chi connectivity index (χ1n) is 13.8. The molecule has 0 amide bonds. The Bertz CT molecular complexity index is 1170. The van der Waals surface area contributed by atoms with Gasteiger partial charge in [0.2, 0.25) is 0 Å². The zero-order chi connectivity index (χ0) is 30.9. The summed E-state index contributed by atoms with van der Waals surface area (Å²) < 4.78 is 17.1. The minimum Gasteiger partial charge on any atom is -0.461 e. The first-order valence-corrected chi connectivity index (χ1v) is 13.8. The van der Waals surface area contributed by atoms with Crippen LogP contribution in [0.5, 0.6) is 0 Å². The molecule has 42 heavy (non-hydrogen) atoms. The molecule has 0 bridgehead atoms. The lowest BCUT2D eigenvalue weighted by Crippen LogP contribution is -2.39. The number of carbonyl (C=O) groups is 3. The fourth-order valence-corrected chi connectivity index (χ4v) is 4.02. The van der Waals surface area contributed by atoms with Crippen LogP contribution in [0.15, 0.2) is 72.8 Å². The lowest BCUT2D eigenvalue weighted by molar-refractivity contribution is -0.0381. The highest BCUT2D eigenvalue weighted by atomic mass is 16.6. The molecule has 0 spiro atoms. The van der Waals surface area contributed by atoms with Crippen molar-refractivity contribution in [2.75, 3.05) is 76.8 Å². The highest BCUT2D eigenvalue weighted by Gasteiger charge is 2.35. The first-order chi connectivity index (χ1) is 19.9. The molecular weight excluding hydrogens is 534 g/mol. The van der Waals surface area contributed by atoms with Gasteiger partial charge in [-0.15, -0.1) is 0 Å². The van der Waals surface area contributed by atoms with E-state index >= 15 is 0 Å². The second-order valence-corrected chi connectivity index (χ2v) is 10.9. The molecule has 0 aliphatic heterocycles. The van der Waals surface area contributed by atoms with E-state index in [1.165, 1.54) is 0 Å². The van der Waals surface area contributed by atoms with Crippen molar-refractivity contribution >= 4 is 35.0 Å². The summed E-state index contributed by atoms with van der Waals surface area (Å²) in [6.45, 7) is 1.53. The van der Waals surface area contributed by atoms with Gasteiger partial charge in [-0.3, -0.25) is 0 Å². The molecule has 0 aliphatic carbocycles. The van der Waals surface area contributed by atoms with Gasteiger partial charge in [-0.2, -0.15) is 0 Å². The number of nitrogens with zero attached hydrogens (tertiary/aromatic N) is 3. The number of ether oxygens (including phenoxy) is 3. The van der Waals surface area contributed by atoms with Gasteiger partial charge in [-0.05, 0) is 79.2 Å². The van der Waals surface area contributed by atoms with Crippen LogP contribution in [0.4, 0.5) is 17.1 Å². The van der Waals surface area contributed by atoms with Gasteiger partial charge in [-0.1, -0.05) is 6.92 Å². The normalized spacial score (nSPS) is 10.9. The monoisotopic (exact) mass is 575 g/mol. The number of carbonyl (C=O) groups excluding carboxylic acids is 3. The van der Waals surface area contributed by atoms with Crippen LogP contribution in [-0.4, -0.2) is 80.0 Å². The van der Waals surface area contributed by atoms with E-state index in [0.29, 0.717) is 23.1 Å². The average Bonchev–Trinajstić information content (AvgIpc) is 3.00. The van der Waals surface area contributed by atoms with Gasteiger partial charge < -0.3 is 28.9 Å². The SMILES string of the molecule is CCC(COC(=O)c1ccc(N(C)C)cc1)(COC(=O)c1ccc(N(C)C)cc1)COC(=O)c1ccc(N(C)C)cc1. The molecule has 0 aliphatic rings. The van der Waals surface area contributed by atoms with E-state index in [4.69, 9.17) is 14.2 Å². The summed E-state index contributed by atoms with van der Waals surface area (Å²) in [5.74, 6) is -1.56. The Morgan fingerprint density at radius 1 is 0.500 bits per heavy atom. The fourth-order valence-electron chi connectivity index (χ4n) is 4.02. The summed E-state index contributed by atoms with van der Waals surface area (Å²) >= 11 is 0. The van der Waals surface area contributed by atoms with Gasteiger partial charge in [0.25, 0.3) is 0 Å². The molecule has 0 atom stereocenters. The molecule has 9 heteroatoms. The molecule has 0 saturated heterocycles. The van der Waals surface area contributed by atoms with Crippen molar-refractivity contribution in [2.45, 2.75) is 13.3 Å². The quantitative estimate of drug-likeness (QED) is 0.203. The predicted octanol–water partition coefficient (Wildman–Crippen LogP) is 5.15. The number of esters is 3. The van der Waals surface area contributed by atoms with E-state index in [9.17, 15) is 14.4 Å². The Labute approximate surface area is 248 Å². The molecule has 9 nitrogen and oxygen atoms in total. The Balaban J connectivity index is 1.75. The number of rotatable bonds is 13. The van der Waals surface area contributed by atoms with E-state index in [0.717, 1.165) is 17.1 Å². The fraction of sp³-hybridized carbons (Fsp3) is 0.364. The molecular formula is C33H41N3O6. The van der Waals surface area contributed by atoms with E-state index in [1.54, 1.807) is 36.4 Å². The summed E-state index contributed by atoms with van der Waals surface area (Å²) in [7, 11) is 11.5. The Morgan fingerprint density at radius 2 is 0.738 bits per heavy atom. The van der Waals surface area contributed by atoms with Gasteiger partial charge in [0, 0.05) is 59.3 Å². The van der Waals surface area contributed by atoms with Crippen LogP contribution in [0.25, 0.3) is 0 Å². The molecule has 3 rings (SSSR count). The topological polar surface area (TPSA) is 88.6 Å². The van der Waals surface area contributed by atoms with Crippen molar-refractivity contribution < 1.29 is 28.6 Å². The Hall–Kier alpha value is -4.53. The maximum absolute atomic E-state index is 12.9. The molecule has 0 radical (unpaired) electrons. The molecule has 0 heterocycles. The minimum atomic E-state index is -0.961. The van der Waals surface area contributed by atoms with E-state index in [-0.39, 0.29) is 19.8 Å². The molecule has 224 valence electrons. The number of hydrogen-bond acceptors (Lipinski definition) is 9. The zero-order valence-corrected chi connectivity index (χ0v) is 25.5. The molecule has 0 saturated carbocycles. The second-order valence-electron chi connectivity index (χ2n) is 10.9. The number of anilines is 3. The van der Waals surface area contributed by atoms with Gasteiger partial charge in [-0.25, -0.2) is 14.4 Å². The van der Waals surface area contributed by atoms with E-state index in [2.05, 4.69) is 0 Å².